The summed E-state index contributed by atoms with van der Waals surface area (Å²) in [4.78, 5) is 8.63. The van der Waals surface area contributed by atoms with Gasteiger partial charge in [-0.3, -0.25) is 4.99 Å². The fraction of sp³-hybridized carbons (Fsp3) is 0.898. The van der Waals surface area contributed by atoms with Crippen LogP contribution in [0.4, 0.5) is 0 Å². The molecule has 0 aromatic carbocycles. The van der Waals surface area contributed by atoms with Crippen LogP contribution >= 0.6 is 11.8 Å². The number of nitrogens with one attached hydrogen (secondary N) is 1. The molecule has 5 rings (SSSR count). The van der Waals surface area contributed by atoms with Crippen molar-refractivity contribution in [3.63, 3.8) is 0 Å². The zero-order chi connectivity index (χ0) is 45.1. The molecular formula is C49H100N6O4S. The Hall–Kier alpha value is -1.50. The lowest BCUT2D eigenvalue weighted by Gasteiger charge is -2.26. The molecule has 2 saturated heterocycles. The van der Waals surface area contributed by atoms with Gasteiger partial charge in [0.1, 0.15) is 0 Å². The SMILES string of the molecule is C.C=C(N)N1CC[C@@H](OC(C)(C)C)C1.C=C(N)N1CC[C@H](OC(C)(C)C)C1.CC(C)(C)OC1CCCC1.CC(C)(C)OC1CCCC1.CSCNC(C)(C)CC1=NCCC1. The van der Waals surface area contributed by atoms with Crippen molar-refractivity contribution in [2.45, 2.75) is 240 Å². The minimum atomic E-state index is -0.0589. The number of nitrogens with two attached hydrogens (primary N) is 2. The number of hydrogen-bond donors (Lipinski definition) is 3. The molecule has 0 unspecified atom stereocenters. The van der Waals surface area contributed by atoms with Crippen LogP contribution in [0.15, 0.2) is 29.8 Å². The van der Waals surface area contributed by atoms with Crippen LogP contribution in [0.25, 0.3) is 0 Å². The Balaban J connectivity index is 0.000000726. The Morgan fingerprint density at radius 1 is 0.617 bits per heavy atom. The Kier molecular flexibility index (Phi) is 26.9. The highest BCUT2D eigenvalue weighted by atomic mass is 32.2. The number of rotatable bonds is 11. The second-order valence-corrected chi connectivity index (χ2v) is 22.5. The Labute approximate surface area is 376 Å². The van der Waals surface area contributed by atoms with Crippen LogP contribution in [0.2, 0.25) is 0 Å². The first-order chi connectivity index (χ1) is 27.1. The van der Waals surface area contributed by atoms with Crippen molar-refractivity contribution >= 4 is 17.5 Å². The summed E-state index contributed by atoms with van der Waals surface area (Å²) in [6, 6.07) is 0. The number of ether oxygens (including phenoxy) is 4. The summed E-state index contributed by atoms with van der Waals surface area (Å²) in [7, 11) is 0. The third-order valence-corrected chi connectivity index (χ3v) is 10.5. The summed E-state index contributed by atoms with van der Waals surface area (Å²) in [5.41, 5.74) is 12.8. The molecule has 2 atom stereocenters. The van der Waals surface area contributed by atoms with Crippen molar-refractivity contribution in [3.8, 4) is 0 Å². The molecular weight excluding hydrogens is 769 g/mol. The molecule has 0 bridgehead atoms. The Morgan fingerprint density at radius 2 is 0.967 bits per heavy atom. The predicted octanol–water partition coefficient (Wildman–Crippen LogP) is 11.0. The van der Waals surface area contributed by atoms with Crippen LogP contribution in [-0.4, -0.2) is 113 Å². The predicted molar refractivity (Wildman–Crippen MR) is 263 cm³/mol. The van der Waals surface area contributed by atoms with Crippen molar-refractivity contribution in [2.24, 2.45) is 16.5 Å². The minimum Gasteiger partial charge on any atom is -0.386 e. The lowest BCUT2D eigenvalue weighted by molar-refractivity contribution is -0.0562. The van der Waals surface area contributed by atoms with Crippen LogP contribution in [-0.2, 0) is 18.9 Å². The van der Waals surface area contributed by atoms with Gasteiger partial charge in [0.2, 0.25) is 0 Å². The molecule has 0 radical (unpaired) electrons. The maximum absolute atomic E-state index is 5.84. The van der Waals surface area contributed by atoms with Crippen molar-refractivity contribution in [3.05, 3.63) is 24.8 Å². The molecule has 0 aromatic heterocycles. The molecule has 4 fully saturated rings. The minimum absolute atomic E-state index is 0. The third-order valence-electron chi connectivity index (χ3n) is 10.1. The van der Waals surface area contributed by atoms with Gasteiger partial charge in [0.05, 0.1) is 58.5 Å². The normalized spacial score (nSPS) is 21.4. The van der Waals surface area contributed by atoms with E-state index in [9.17, 15) is 0 Å². The highest BCUT2D eigenvalue weighted by Gasteiger charge is 2.28. The number of likely N-dealkylation sites (tertiary alicyclic amines) is 2. The van der Waals surface area contributed by atoms with Gasteiger partial charge in [0, 0.05) is 56.3 Å². The lowest BCUT2D eigenvalue weighted by Crippen LogP contribution is -2.40. The van der Waals surface area contributed by atoms with Gasteiger partial charge < -0.3 is 45.5 Å². The van der Waals surface area contributed by atoms with E-state index >= 15 is 0 Å². The van der Waals surface area contributed by atoms with E-state index < -0.39 is 0 Å². The Bertz CT molecular complexity index is 1130. The molecule has 3 heterocycles. The number of thioether (sulfide) groups is 1. The first-order valence-corrected chi connectivity index (χ1v) is 24.3. The molecule has 60 heavy (non-hydrogen) atoms. The smallest absolute Gasteiger partial charge is 0.0913 e. The van der Waals surface area contributed by atoms with Crippen LogP contribution in [0.1, 0.15) is 188 Å². The van der Waals surface area contributed by atoms with E-state index in [1.165, 1.54) is 69.9 Å². The first kappa shape index (κ1) is 58.5. The number of nitrogens with zero attached hydrogens (tertiary/aromatic N) is 3. The molecule has 2 saturated carbocycles. The molecule has 11 heteroatoms. The van der Waals surface area contributed by atoms with E-state index in [-0.39, 0.29) is 35.4 Å². The molecule has 0 amide bonds. The van der Waals surface area contributed by atoms with Crippen molar-refractivity contribution in [1.29, 1.82) is 0 Å². The van der Waals surface area contributed by atoms with E-state index in [0.717, 1.165) is 57.9 Å². The van der Waals surface area contributed by atoms with Crippen LogP contribution < -0.4 is 16.8 Å². The van der Waals surface area contributed by atoms with Crippen molar-refractivity contribution in [1.82, 2.24) is 15.1 Å². The van der Waals surface area contributed by atoms with E-state index in [1.54, 1.807) is 0 Å². The first-order valence-electron chi connectivity index (χ1n) is 22.9. The van der Waals surface area contributed by atoms with Gasteiger partial charge in [-0.25, -0.2) is 0 Å². The van der Waals surface area contributed by atoms with Crippen molar-refractivity contribution < 1.29 is 18.9 Å². The van der Waals surface area contributed by atoms with E-state index in [1.807, 2.05) is 11.8 Å². The standard InChI is InChI=1S/2C10H20N2O.C10H20N2S.2C9H18O.CH4/c2*1-8(11)12-6-5-9(7-12)13-10(2,3)4;1-10(2,12-8-13-3)7-9-5-4-6-11-9;2*1-9(2,3)10-8-6-4-5-7-8;/h2*9H,1,5-7,11H2,2-4H3;12H,4-8H2,1-3H3;2*8H,4-7H2,1-3H3;1H4/t2*9-;;;;/m10..../s1. The Morgan fingerprint density at radius 3 is 1.23 bits per heavy atom. The summed E-state index contributed by atoms with van der Waals surface area (Å²) >= 11 is 1.84. The van der Waals surface area contributed by atoms with E-state index in [4.69, 9.17) is 30.4 Å². The highest BCUT2D eigenvalue weighted by Crippen LogP contribution is 2.27. The quantitative estimate of drug-likeness (QED) is 0.173. The van der Waals surface area contributed by atoms with Gasteiger partial charge in [-0.15, -0.1) is 11.8 Å². The topological polar surface area (TPSA) is 120 Å². The zero-order valence-corrected chi connectivity index (χ0v) is 42.0. The maximum atomic E-state index is 5.84. The number of hydrogen-bond acceptors (Lipinski definition) is 11. The molecule has 5 aliphatic rings. The van der Waals surface area contributed by atoms with E-state index in [0.29, 0.717) is 36.1 Å². The van der Waals surface area contributed by atoms with Gasteiger partial charge in [-0.1, -0.05) is 46.3 Å². The maximum Gasteiger partial charge on any atom is 0.0913 e. The summed E-state index contributed by atoms with van der Waals surface area (Å²) in [6.07, 6.45) is 20.1. The zero-order valence-electron chi connectivity index (χ0n) is 41.2. The second kappa shape index (κ2) is 27.6. The summed E-state index contributed by atoms with van der Waals surface area (Å²) in [6.45, 7) is 41.9. The highest BCUT2D eigenvalue weighted by molar-refractivity contribution is 7.98. The molecule has 3 aliphatic heterocycles. The second-order valence-electron chi connectivity index (χ2n) is 21.7. The van der Waals surface area contributed by atoms with Crippen molar-refractivity contribution in [2.75, 3.05) is 44.9 Å². The van der Waals surface area contributed by atoms with Gasteiger partial charge in [0.15, 0.2) is 0 Å². The van der Waals surface area contributed by atoms with Gasteiger partial charge in [0.25, 0.3) is 0 Å². The average molecular weight is 869 g/mol. The van der Waals surface area contributed by atoms with Gasteiger partial charge in [-0.05, 0) is 155 Å². The summed E-state index contributed by atoms with van der Waals surface area (Å²) in [5.74, 6) is 2.33. The molecule has 5 N–H and O–H groups in total. The molecule has 10 nitrogen and oxygen atoms in total. The molecule has 0 aromatic rings. The van der Waals surface area contributed by atoms with Crippen LogP contribution in [0.5, 0.6) is 0 Å². The fourth-order valence-electron chi connectivity index (χ4n) is 7.77. The summed E-state index contributed by atoms with van der Waals surface area (Å²) < 4.78 is 23.3. The monoisotopic (exact) mass is 869 g/mol. The van der Waals surface area contributed by atoms with E-state index in [2.05, 4.69) is 136 Å². The fourth-order valence-corrected chi connectivity index (χ4v) is 8.30. The molecule has 356 valence electrons. The molecule has 2 aliphatic carbocycles. The largest absolute Gasteiger partial charge is 0.386 e. The van der Waals surface area contributed by atoms with Crippen LogP contribution in [0.3, 0.4) is 0 Å². The van der Waals surface area contributed by atoms with Gasteiger partial charge in [-0.2, -0.15) is 0 Å². The molecule has 0 spiro atoms. The average Bonchev–Trinajstić information content (AvgIpc) is 3.91. The van der Waals surface area contributed by atoms with Gasteiger partial charge >= 0.3 is 0 Å². The third kappa shape index (κ3) is 30.5. The van der Waals surface area contributed by atoms with Crippen LogP contribution in [0, 0.1) is 0 Å². The lowest BCUT2D eigenvalue weighted by atomic mass is 9.96. The number of aliphatic imine (C=N–C) groups is 1. The summed E-state index contributed by atoms with van der Waals surface area (Å²) in [5, 5.41) is 3.52.